The van der Waals surface area contributed by atoms with E-state index < -0.39 is 20.0 Å². The minimum absolute atomic E-state index is 0.0961. The van der Waals surface area contributed by atoms with Crippen LogP contribution >= 0.6 is 0 Å². The Bertz CT molecular complexity index is 608. The zero-order valence-electron chi connectivity index (χ0n) is 10.4. The highest BCUT2D eigenvalue weighted by molar-refractivity contribution is 7.92. The van der Waals surface area contributed by atoms with Crippen LogP contribution < -0.4 is 9.86 Å². The summed E-state index contributed by atoms with van der Waals surface area (Å²) in [6, 6.07) is 5.95. The Morgan fingerprint density at radius 3 is 2.21 bits per heavy atom. The summed E-state index contributed by atoms with van der Waals surface area (Å²) < 4.78 is 51.9. The van der Waals surface area contributed by atoms with Crippen LogP contribution in [0.1, 0.15) is 5.56 Å². The van der Waals surface area contributed by atoms with Gasteiger partial charge in [-0.05, 0) is 17.7 Å². The van der Waals surface area contributed by atoms with Gasteiger partial charge in [-0.2, -0.15) is 0 Å². The molecule has 108 valence electrons. The van der Waals surface area contributed by atoms with Crippen molar-refractivity contribution in [3.8, 4) is 0 Å². The normalized spacial score (nSPS) is 12.3. The molecule has 0 aliphatic heterocycles. The Labute approximate surface area is 112 Å². The van der Waals surface area contributed by atoms with Gasteiger partial charge in [0.1, 0.15) is 0 Å². The average Bonchev–Trinajstić information content (AvgIpc) is 2.27. The molecule has 0 bridgehead atoms. The van der Waals surface area contributed by atoms with Crippen molar-refractivity contribution in [2.24, 2.45) is 5.14 Å². The summed E-state index contributed by atoms with van der Waals surface area (Å²) in [7, 11) is -5.64. The molecule has 3 N–H and O–H groups in total. The number of methoxy groups -OCH3 is 1. The second-order valence-corrected chi connectivity index (χ2v) is 7.37. The summed E-state index contributed by atoms with van der Waals surface area (Å²) in [5.74, 6) is -0.438. The van der Waals surface area contributed by atoms with Crippen molar-refractivity contribution in [2.75, 3.05) is 24.2 Å². The van der Waals surface area contributed by atoms with Gasteiger partial charge in [-0.25, -0.2) is 22.0 Å². The predicted octanol–water partition coefficient (Wildman–Crippen LogP) is -0.137. The number of hydrogen-bond donors (Lipinski definition) is 2. The molecule has 0 aliphatic carbocycles. The molecule has 0 aromatic heterocycles. The number of sulfonamides is 2. The van der Waals surface area contributed by atoms with E-state index in [1.165, 1.54) is 31.4 Å². The molecule has 0 spiro atoms. The maximum atomic E-state index is 11.6. The summed E-state index contributed by atoms with van der Waals surface area (Å²) in [6.07, 6.45) is 0. The lowest BCUT2D eigenvalue weighted by molar-refractivity contribution is 0.217. The maximum absolute atomic E-state index is 11.6. The highest BCUT2D eigenvalue weighted by Crippen LogP contribution is 2.12. The van der Waals surface area contributed by atoms with Crippen LogP contribution in [-0.4, -0.2) is 36.3 Å². The Hall–Kier alpha value is -1.16. The minimum atomic E-state index is -3.59. The number of primary sulfonamides is 1. The second kappa shape index (κ2) is 6.33. The van der Waals surface area contributed by atoms with Crippen molar-refractivity contribution in [1.82, 2.24) is 0 Å². The smallest absolute Gasteiger partial charge is 0.234 e. The Morgan fingerprint density at radius 2 is 1.74 bits per heavy atom. The van der Waals surface area contributed by atoms with Gasteiger partial charge in [-0.3, -0.25) is 4.72 Å². The number of hydrogen-bond acceptors (Lipinski definition) is 5. The Kier molecular flexibility index (Phi) is 5.29. The highest BCUT2D eigenvalue weighted by Gasteiger charge is 2.10. The molecule has 0 aliphatic rings. The van der Waals surface area contributed by atoms with Crippen molar-refractivity contribution in [3.63, 3.8) is 0 Å². The molecule has 1 rings (SSSR count). The van der Waals surface area contributed by atoms with E-state index in [9.17, 15) is 16.8 Å². The summed E-state index contributed by atoms with van der Waals surface area (Å²) in [4.78, 5) is 0. The van der Waals surface area contributed by atoms with E-state index in [1.807, 2.05) is 0 Å². The molecule has 9 heteroatoms. The fourth-order valence-corrected chi connectivity index (χ4v) is 2.97. The molecule has 19 heavy (non-hydrogen) atoms. The van der Waals surface area contributed by atoms with Gasteiger partial charge in [0, 0.05) is 12.8 Å². The number of benzene rings is 1. The van der Waals surface area contributed by atoms with Crippen LogP contribution in [0.4, 0.5) is 5.69 Å². The lowest BCUT2D eigenvalue weighted by atomic mass is 10.2. The third kappa shape index (κ3) is 6.53. The van der Waals surface area contributed by atoms with Gasteiger partial charge >= 0.3 is 0 Å². The van der Waals surface area contributed by atoms with Crippen LogP contribution in [0.2, 0.25) is 0 Å². The summed E-state index contributed by atoms with van der Waals surface area (Å²) in [5, 5.41) is 4.91. The summed E-state index contributed by atoms with van der Waals surface area (Å²) in [5.41, 5.74) is 0.844. The first-order valence-electron chi connectivity index (χ1n) is 5.31. The van der Waals surface area contributed by atoms with Gasteiger partial charge in [-0.15, -0.1) is 0 Å². The first kappa shape index (κ1) is 15.9. The highest BCUT2D eigenvalue weighted by atomic mass is 32.2. The molecular formula is C10H16N2O5S2. The van der Waals surface area contributed by atoms with Gasteiger partial charge in [0.25, 0.3) is 0 Å². The van der Waals surface area contributed by atoms with E-state index >= 15 is 0 Å². The van der Waals surface area contributed by atoms with Crippen LogP contribution in [0.25, 0.3) is 0 Å². The largest absolute Gasteiger partial charge is 0.384 e. The molecular weight excluding hydrogens is 292 g/mol. The van der Waals surface area contributed by atoms with E-state index in [0.717, 1.165) is 0 Å². The molecule has 0 unspecified atom stereocenters. The third-order valence-electron chi connectivity index (χ3n) is 2.15. The second-order valence-electron chi connectivity index (χ2n) is 3.92. The van der Waals surface area contributed by atoms with Gasteiger partial charge in [-0.1, -0.05) is 12.1 Å². The summed E-state index contributed by atoms with van der Waals surface area (Å²) in [6.45, 7) is 0.0961. The third-order valence-corrected chi connectivity index (χ3v) is 4.14. The van der Waals surface area contributed by atoms with Gasteiger partial charge < -0.3 is 4.74 Å². The van der Waals surface area contributed by atoms with Crippen molar-refractivity contribution >= 4 is 25.7 Å². The fraction of sp³-hybridized carbons (Fsp3) is 0.400. The molecule has 0 fully saturated rings. The first-order valence-corrected chi connectivity index (χ1v) is 8.67. The van der Waals surface area contributed by atoms with Crippen molar-refractivity contribution in [1.29, 1.82) is 0 Å². The van der Waals surface area contributed by atoms with Crippen molar-refractivity contribution in [3.05, 3.63) is 29.8 Å². The van der Waals surface area contributed by atoms with Crippen LogP contribution in [0.15, 0.2) is 24.3 Å². The van der Waals surface area contributed by atoms with Crippen LogP contribution in [0.5, 0.6) is 0 Å². The van der Waals surface area contributed by atoms with Gasteiger partial charge in [0.2, 0.25) is 20.0 Å². The predicted molar refractivity (Wildman–Crippen MR) is 72.5 cm³/mol. The molecule has 0 heterocycles. The van der Waals surface area contributed by atoms with E-state index in [-0.39, 0.29) is 18.1 Å². The topological polar surface area (TPSA) is 116 Å². The average molecular weight is 308 g/mol. The molecule has 0 saturated heterocycles. The molecule has 7 nitrogen and oxygen atoms in total. The molecule has 0 atom stereocenters. The Balaban J connectivity index is 2.72. The monoisotopic (exact) mass is 308 g/mol. The van der Waals surface area contributed by atoms with Crippen LogP contribution in [0, 0.1) is 0 Å². The lowest BCUT2D eigenvalue weighted by Gasteiger charge is -2.08. The lowest BCUT2D eigenvalue weighted by Crippen LogP contribution is -2.19. The number of rotatable bonds is 7. The van der Waals surface area contributed by atoms with E-state index in [4.69, 9.17) is 5.14 Å². The molecule has 1 aromatic rings. The van der Waals surface area contributed by atoms with Crippen molar-refractivity contribution in [2.45, 2.75) is 5.75 Å². The van der Waals surface area contributed by atoms with Gasteiger partial charge in [0.15, 0.2) is 0 Å². The fourth-order valence-electron chi connectivity index (χ4n) is 1.32. The van der Waals surface area contributed by atoms with Crippen molar-refractivity contribution < 1.29 is 21.6 Å². The number of anilines is 1. The summed E-state index contributed by atoms with van der Waals surface area (Å²) >= 11 is 0. The van der Waals surface area contributed by atoms with E-state index in [1.54, 1.807) is 0 Å². The zero-order chi connectivity index (χ0) is 14.5. The van der Waals surface area contributed by atoms with Gasteiger partial charge in [0.05, 0.1) is 18.1 Å². The minimum Gasteiger partial charge on any atom is -0.384 e. The van der Waals surface area contributed by atoms with E-state index in [0.29, 0.717) is 11.3 Å². The van der Waals surface area contributed by atoms with Crippen LogP contribution in [-0.2, 0) is 30.5 Å². The molecule has 0 radical (unpaired) electrons. The number of nitrogens with two attached hydrogens (primary N) is 1. The molecule has 0 amide bonds. The van der Waals surface area contributed by atoms with Crippen LogP contribution in [0.3, 0.4) is 0 Å². The first-order chi connectivity index (χ1) is 8.72. The zero-order valence-corrected chi connectivity index (χ0v) is 12.0. The maximum Gasteiger partial charge on any atom is 0.234 e. The SMILES string of the molecule is COCCS(=O)(=O)Nc1ccc(CS(N)(=O)=O)cc1. The van der Waals surface area contributed by atoms with E-state index in [2.05, 4.69) is 9.46 Å². The Morgan fingerprint density at radius 1 is 1.16 bits per heavy atom. The molecule has 0 saturated carbocycles. The quantitative estimate of drug-likeness (QED) is 0.727. The number of nitrogens with one attached hydrogen (secondary N) is 1. The molecule has 1 aromatic carbocycles. The standard InChI is InChI=1S/C10H16N2O5S2/c1-17-6-7-19(15,16)12-10-4-2-9(3-5-10)8-18(11,13)14/h2-5,12H,6-8H2,1H3,(H2,11,13,14). The number of ether oxygens (including phenoxy) is 1.